The number of benzene rings is 2. The zero-order valence-electron chi connectivity index (χ0n) is 14.0. The van der Waals surface area contributed by atoms with Crippen LogP contribution in [0.5, 0.6) is 0 Å². The summed E-state index contributed by atoms with van der Waals surface area (Å²) in [5.41, 5.74) is 5.09. The highest BCUT2D eigenvalue weighted by molar-refractivity contribution is 6.08. The Hall–Kier alpha value is -2.93. The summed E-state index contributed by atoms with van der Waals surface area (Å²) in [6.07, 6.45) is 2.34. The zero-order valence-corrected chi connectivity index (χ0v) is 14.0. The molecule has 1 amide bonds. The van der Waals surface area contributed by atoms with Crippen LogP contribution in [0.4, 0.5) is 15.8 Å². The number of aromatic amines is 1. The molecule has 0 radical (unpaired) electrons. The number of amides is 1. The second-order valence-corrected chi connectivity index (χ2v) is 5.48. The Morgan fingerprint density at radius 1 is 1.28 bits per heavy atom. The van der Waals surface area contributed by atoms with Crippen molar-refractivity contribution < 1.29 is 14.0 Å². The topological polar surface area (TPSA) is 79.0 Å². The third kappa shape index (κ3) is 3.46. The molecule has 0 spiro atoms. The molecule has 6 nitrogen and oxygen atoms in total. The maximum absolute atomic E-state index is 14.4. The predicted molar refractivity (Wildman–Crippen MR) is 94.2 cm³/mol. The fraction of sp³-hybridized carbons (Fsp3) is 0.222. The van der Waals surface area contributed by atoms with Gasteiger partial charge in [0.15, 0.2) is 0 Å². The van der Waals surface area contributed by atoms with Gasteiger partial charge in [-0.3, -0.25) is 14.7 Å². The summed E-state index contributed by atoms with van der Waals surface area (Å²) in [5.74, 6) is -0.797. The average Bonchev–Trinajstić information content (AvgIpc) is 3.10. The summed E-state index contributed by atoms with van der Waals surface area (Å²) in [7, 11) is 0. The van der Waals surface area contributed by atoms with E-state index >= 15 is 0 Å². The minimum Gasteiger partial charge on any atom is -0.352 e. The van der Waals surface area contributed by atoms with E-state index in [4.69, 9.17) is 4.84 Å². The Balaban J connectivity index is 2.04. The first kappa shape index (κ1) is 16.9. The van der Waals surface area contributed by atoms with Crippen molar-refractivity contribution in [1.82, 2.24) is 15.7 Å². The van der Waals surface area contributed by atoms with Crippen molar-refractivity contribution in [2.45, 2.75) is 20.3 Å². The highest BCUT2D eigenvalue weighted by Gasteiger charge is 2.17. The van der Waals surface area contributed by atoms with E-state index in [1.807, 2.05) is 13.0 Å². The minimum atomic E-state index is -0.418. The number of hydrogen-bond donors (Lipinski definition) is 3. The van der Waals surface area contributed by atoms with Gasteiger partial charge >= 0.3 is 0 Å². The van der Waals surface area contributed by atoms with Gasteiger partial charge in [0.2, 0.25) is 0 Å². The molecule has 3 rings (SSSR count). The summed E-state index contributed by atoms with van der Waals surface area (Å²) in [6.45, 7) is 4.07. The summed E-state index contributed by atoms with van der Waals surface area (Å²) in [4.78, 5) is 17.3. The van der Waals surface area contributed by atoms with Gasteiger partial charge in [-0.1, -0.05) is 13.0 Å². The van der Waals surface area contributed by atoms with Crippen LogP contribution >= 0.6 is 0 Å². The summed E-state index contributed by atoms with van der Waals surface area (Å²) >= 11 is 0. The number of rotatable bonds is 6. The first-order chi connectivity index (χ1) is 12.1. The molecule has 0 saturated carbocycles. The standard InChI is InChI=1S/C18H19FN4O2/c1-3-11-5-7-16(14(19)9-11)21-17-12(18(24)23-25-4-2)6-8-15-13(17)10-20-22-15/h5-10,21H,3-4H2,1-2H3,(H,20,22)(H,23,24). The second kappa shape index (κ2) is 7.31. The van der Waals surface area contributed by atoms with Gasteiger partial charge in [0.25, 0.3) is 5.91 Å². The molecule has 0 aliphatic rings. The van der Waals surface area contributed by atoms with Gasteiger partial charge in [-0.25, -0.2) is 9.87 Å². The molecule has 0 aliphatic heterocycles. The number of anilines is 2. The van der Waals surface area contributed by atoms with E-state index in [2.05, 4.69) is 21.0 Å². The quantitative estimate of drug-likeness (QED) is 0.597. The molecule has 0 atom stereocenters. The van der Waals surface area contributed by atoms with Crippen molar-refractivity contribution in [3.05, 3.63) is 53.5 Å². The number of aromatic nitrogens is 2. The molecule has 1 heterocycles. The van der Waals surface area contributed by atoms with Crippen LogP contribution in [0.25, 0.3) is 10.9 Å². The van der Waals surface area contributed by atoms with Crippen molar-refractivity contribution in [2.75, 3.05) is 11.9 Å². The first-order valence-electron chi connectivity index (χ1n) is 8.07. The molecule has 3 N–H and O–H groups in total. The van der Waals surface area contributed by atoms with Crippen LogP contribution in [0.15, 0.2) is 36.5 Å². The van der Waals surface area contributed by atoms with Gasteiger partial charge in [0.1, 0.15) is 5.82 Å². The first-order valence-corrected chi connectivity index (χ1v) is 8.07. The van der Waals surface area contributed by atoms with Gasteiger partial charge in [-0.15, -0.1) is 0 Å². The Morgan fingerprint density at radius 2 is 2.12 bits per heavy atom. The number of H-pyrrole nitrogens is 1. The summed E-state index contributed by atoms with van der Waals surface area (Å²) in [6, 6.07) is 8.37. The third-order valence-corrected chi connectivity index (χ3v) is 3.88. The van der Waals surface area contributed by atoms with Gasteiger partial charge < -0.3 is 5.32 Å². The van der Waals surface area contributed by atoms with E-state index in [0.29, 0.717) is 23.2 Å². The molecule has 0 aliphatic carbocycles. The normalized spacial score (nSPS) is 10.8. The number of nitrogens with zero attached hydrogens (tertiary/aromatic N) is 1. The van der Waals surface area contributed by atoms with E-state index in [1.54, 1.807) is 31.3 Å². The van der Waals surface area contributed by atoms with Crippen molar-refractivity contribution in [3.8, 4) is 0 Å². The lowest BCUT2D eigenvalue weighted by Gasteiger charge is -2.14. The predicted octanol–water partition coefficient (Wildman–Crippen LogP) is 3.69. The number of halogens is 1. The molecule has 0 unspecified atom stereocenters. The lowest BCUT2D eigenvalue weighted by Crippen LogP contribution is -2.24. The van der Waals surface area contributed by atoms with E-state index in [1.165, 1.54) is 6.07 Å². The van der Waals surface area contributed by atoms with Gasteiger partial charge in [-0.2, -0.15) is 5.10 Å². The van der Waals surface area contributed by atoms with Crippen molar-refractivity contribution >= 4 is 28.2 Å². The van der Waals surface area contributed by atoms with Crippen LogP contribution < -0.4 is 10.8 Å². The number of hydrogen-bond acceptors (Lipinski definition) is 4. The summed E-state index contributed by atoms with van der Waals surface area (Å²) < 4.78 is 14.4. The molecule has 0 saturated heterocycles. The number of fused-ring (bicyclic) bond motifs is 1. The van der Waals surface area contributed by atoms with E-state index in [-0.39, 0.29) is 11.5 Å². The largest absolute Gasteiger partial charge is 0.352 e. The molecule has 7 heteroatoms. The minimum absolute atomic E-state index is 0.288. The fourth-order valence-corrected chi connectivity index (χ4v) is 2.55. The molecular formula is C18H19FN4O2. The van der Waals surface area contributed by atoms with Crippen LogP contribution in [0.2, 0.25) is 0 Å². The van der Waals surface area contributed by atoms with E-state index < -0.39 is 5.91 Å². The highest BCUT2D eigenvalue weighted by Crippen LogP contribution is 2.30. The van der Waals surface area contributed by atoms with Crippen LogP contribution in [-0.4, -0.2) is 22.7 Å². The van der Waals surface area contributed by atoms with Crippen LogP contribution in [0.3, 0.4) is 0 Å². The molecule has 0 fully saturated rings. The zero-order chi connectivity index (χ0) is 17.8. The monoisotopic (exact) mass is 342 g/mol. The van der Waals surface area contributed by atoms with Gasteiger partial charge in [0, 0.05) is 5.39 Å². The smallest absolute Gasteiger partial charge is 0.276 e. The Labute approximate surface area is 144 Å². The molecular weight excluding hydrogens is 323 g/mol. The lowest BCUT2D eigenvalue weighted by atomic mass is 10.1. The molecule has 2 aromatic carbocycles. The molecule has 130 valence electrons. The van der Waals surface area contributed by atoms with Crippen molar-refractivity contribution in [2.24, 2.45) is 0 Å². The summed E-state index contributed by atoms with van der Waals surface area (Å²) in [5, 5.41) is 10.5. The maximum Gasteiger partial charge on any atom is 0.276 e. The SMILES string of the molecule is CCONC(=O)c1ccc2[nH]ncc2c1Nc1ccc(CC)cc1F. The van der Waals surface area contributed by atoms with Crippen LogP contribution in [0.1, 0.15) is 29.8 Å². The molecule has 25 heavy (non-hydrogen) atoms. The van der Waals surface area contributed by atoms with Crippen LogP contribution in [0, 0.1) is 5.82 Å². The fourth-order valence-electron chi connectivity index (χ4n) is 2.55. The molecule has 0 bridgehead atoms. The van der Waals surface area contributed by atoms with Crippen molar-refractivity contribution in [1.29, 1.82) is 0 Å². The van der Waals surface area contributed by atoms with E-state index in [9.17, 15) is 9.18 Å². The number of carbonyl (C=O) groups is 1. The average molecular weight is 342 g/mol. The molecule has 3 aromatic rings. The number of nitrogens with one attached hydrogen (secondary N) is 3. The number of carbonyl (C=O) groups excluding carboxylic acids is 1. The highest BCUT2D eigenvalue weighted by atomic mass is 19.1. The third-order valence-electron chi connectivity index (χ3n) is 3.88. The number of hydroxylamine groups is 1. The van der Waals surface area contributed by atoms with Gasteiger partial charge in [-0.05, 0) is 43.2 Å². The van der Waals surface area contributed by atoms with Crippen molar-refractivity contribution in [3.63, 3.8) is 0 Å². The Kier molecular flexibility index (Phi) is 4.95. The Morgan fingerprint density at radius 3 is 2.84 bits per heavy atom. The van der Waals surface area contributed by atoms with E-state index in [0.717, 1.165) is 17.5 Å². The van der Waals surface area contributed by atoms with Gasteiger partial charge in [0.05, 0.1) is 35.3 Å². The molecule has 1 aromatic heterocycles. The maximum atomic E-state index is 14.4. The number of aryl methyl sites for hydroxylation is 1. The van der Waals surface area contributed by atoms with Crippen LogP contribution in [-0.2, 0) is 11.3 Å². The second-order valence-electron chi connectivity index (χ2n) is 5.48. The lowest BCUT2D eigenvalue weighted by molar-refractivity contribution is 0.0365. The Bertz CT molecular complexity index is 907.